The molecule has 0 aromatic carbocycles. The largest absolute Gasteiger partial charge is 1.00 e. The molecule has 0 saturated heterocycles. The Kier molecular flexibility index (Phi) is 40.7. The summed E-state index contributed by atoms with van der Waals surface area (Å²) in [7, 11) is 0. The third-order valence-corrected chi connectivity index (χ3v) is 2.28. The van der Waals surface area contributed by atoms with E-state index in [4.69, 9.17) is 24.8 Å². The van der Waals surface area contributed by atoms with Crippen LogP contribution in [-0.2, 0) is 12.6 Å². The van der Waals surface area contributed by atoms with Crippen LogP contribution in [0.5, 0.6) is 0 Å². The third-order valence-electron chi connectivity index (χ3n) is 1.81. The van der Waals surface area contributed by atoms with E-state index in [0.29, 0.717) is 16.4 Å². The summed E-state index contributed by atoms with van der Waals surface area (Å²) in [6, 6.07) is 1.09. The molecule has 0 fully saturated rings. The van der Waals surface area contributed by atoms with E-state index >= 15 is 0 Å². The molecule has 0 saturated carbocycles. The Bertz CT molecular complexity index is 230. The standard InChI is InChI=1S/C6H13NS2.C5H13N.CS2.CH4.Li/c1-4-7(5(2)3)6(8)9;1-4-6-5(2)3;2-1-3;;/h5H,4H2,1-3H3,(H,8,9);5-6H,4H2,1-3H3;;1H4;/q;;;;+1/p-1. The molecular formula is C13H29LiN2S4. The fourth-order valence-corrected chi connectivity index (χ4v) is 1.79. The first-order chi connectivity index (χ1) is 8.28. The van der Waals surface area contributed by atoms with Crippen molar-refractivity contribution in [1.82, 2.24) is 10.2 Å². The zero-order valence-corrected chi connectivity index (χ0v) is 16.4. The summed E-state index contributed by atoms with van der Waals surface area (Å²) >= 11 is 17.6. The predicted molar refractivity (Wildman–Crippen MR) is 103 cm³/mol. The molecule has 0 spiro atoms. The van der Waals surface area contributed by atoms with Gasteiger partial charge in [-0.15, -0.1) is 0 Å². The van der Waals surface area contributed by atoms with E-state index < -0.39 is 0 Å². The van der Waals surface area contributed by atoms with Crippen molar-refractivity contribution in [2.24, 2.45) is 0 Å². The molecule has 0 aromatic heterocycles. The van der Waals surface area contributed by atoms with Crippen LogP contribution in [0, 0.1) is 0 Å². The minimum absolute atomic E-state index is 0. The molecule has 20 heavy (non-hydrogen) atoms. The van der Waals surface area contributed by atoms with Crippen molar-refractivity contribution >= 4 is 57.9 Å². The molecule has 2 nitrogen and oxygen atoms in total. The van der Waals surface area contributed by atoms with E-state index in [1.165, 1.54) is 0 Å². The number of hydrogen-bond acceptors (Lipinski definition) is 5. The normalized spacial score (nSPS) is 7.80. The Labute approximate surface area is 160 Å². The summed E-state index contributed by atoms with van der Waals surface area (Å²) in [5, 5.41) is 3.21. The molecule has 0 atom stereocenters. The second kappa shape index (κ2) is 24.9. The maximum atomic E-state index is 4.83. The van der Waals surface area contributed by atoms with Gasteiger partial charge >= 0.3 is 18.9 Å². The molecular weight excluding hydrogens is 319 g/mol. The summed E-state index contributed by atoms with van der Waals surface area (Å²) in [6.07, 6.45) is 0. The van der Waals surface area contributed by atoms with Gasteiger partial charge in [0.1, 0.15) is 0 Å². The minimum Gasteiger partial charge on any atom is -0.411 e. The number of thiocarbonyl (C=S) groups is 3. The average molecular weight is 349 g/mol. The van der Waals surface area contributed by atoms with Gasteiger partial charge in [-0.3, -0.25) is 0 Å². The van der Waals surface area contributed by atoms with Crippen LogP contribution in [-0.4, -0.2) is 38.7 Å². The summed E-state index contributed by atoms with van der Waals surface area (Å²) in [5.41, 5.74) is 0. The van der Waals surface area contributed by atoms with Crippen molar-refractivity contribution in [3.8, 4) is 0 Å². The first kappa shape index (κ1) is 32.7. The monoisotopic (exact) mass is 348 g/mol. The summed E-state index contributed by atoms with van der Waals surface area (Å²) < 4.78 is 2.49. The Hall–Kier alpha value is 0.887. The second-order valence-electron chi connectivity index (χ2n) is 3.94. The minimum atomic E-state index is 0. The van der Waals surface area contributed by atoms with Crippen LogP contribution in [0.3, 0.4) is 0 Å². The molecule has 116 valence electrons. The van der Waals surface area contributed by atoms with E-state index in [1.54, 1.807) is 0 Å². The number of nitrogens with one attached hydrogen (secondary N) is 1. The van der Waals surface area contributed by atoms with Crippen LogP contribution in [0.1, 0.15) is 49.0 Å². The van der Waals surface area contributed by atoms with E-state index in [-0.39, 0.29) is 26.3 Å². The molecule has 0 aliphatic rings. The smallest absolute Gasteiger partial charge is 0.411 e. The van der Waals surface area contributed by atoms with Gasteiger partial charge in [-0.2, -0.15) is 0 Å². The van der Waals surface area contributed by atoms with E-state index in [2.05, 4.69) is 71.3 Å². The first-order valence-corrected chi connectivity index (χ1v) is 7.61. The van der Waals surface area contributed by atoms with Gasteiger partial charge in [0, 0.05) is 22.9 Å². The molecule has 0 heterocycles. The van der Waals surface area contributed by atoms with Crippen molar-refractivity contribution in [3.63, 3.8) is 0 Å². The van der Waals surface area contributed by atoms with Crippen LogP contribution in [0.2, 0.25) is 0 Å². The van der Waals surface area contributed by atoms with Crippen molar-refractivity contribution in [3.05, 3.63) is 0 Å². The van der Waals surface area contributed by atoms with Gasteiger partial charge in [0.05, 0.1) is 0 Å². The average Bonchev–Trinajstić information content (AvgIpc) is 2.18. The molecule has 0 aromatic rings. The fraction of sp³-hybridized carbons (Fsp3) is 0.846. The maximum absolute atomic E-state index is 4.83. The quantitative estimate of drug-likeness (QED) is 0.463. The summed E-state index contributed by atoms with van der Waals surface area (Å²) in [6.45, 7) is 14.6. The zero-order chi connectivity index (χ0) is 15.1. The van der Waals surface area contributed by atoms with Crippen LogP contribution in [0.4, 0.5) is 0 Å². The van der Waals surface area contributed by atoms with E-state index in [1.807, 2.05) is 9.21 Å². The van der Waals surface area contributed by atoms with Crippen molar-refractivity contribution in [1.29, 1.82) is 0 Å². The molecule has 0 unspecified atom stereocenters. The molecule has 0 rings (SSSR count). The van der Waals surface area contributed by atoms with Crippen LogP contribution in [0.25, 0.3) is 0 Å². The third kappa shape index (κ3) is 31.3. The zero-order valence-electron chi connectivity index (χ0n) is 13.1. The van der Waals surface area contributed by atoms with Crippen molar-refractivity contribution in [2.75, 3.05) is 13.1 Å². The Morgan fingerprint density at radius 3 is 1.55 bits per heavy atom. The number of hydrogen-bond donors (Lipinski definition) is 1. The van der Waals surface area contributed by atoms with Gasteiger partial charge in [0.15, 0.2) is 0 Å². The van der Waals surface area contributed by atoms with Gasteiger partial charge in [-0.05, 0) is 51.8 Å². The molecule has 1 N–H and O–H groups in total. The molecule has 0 amide bonds. The van der Waals surface area contributed by atoms with Gasteiger partial charge in [-0.1, -0.05) is 32.5 Å². The SMILES string of the molecule is C.CCN(C(=S)[S-])C(C)C.CCNC(C)C.S=C=S.[Li+]. The maximum Gasteiger partial charge on any atom is 1.00 e. The van der Waals surface area contributed by atoms with Gasteiger partial charge in [0.25, 0.3) is 0 Å². The number of nitrogens with zero attached hydrogens (tertiary/aromatic N) is 1. The molecule has 0 radical (unpaired) electrons. The summed E-state index contributed by atoms with van der Waals surface area (Å²) in [4.78, 5) is 2.00. The molecule has 7 heteroatoms. The predicted octanol–water partition coefficient (Wildman–Crippen LogP) is 1.21. The fourth-order valence-electron chi connectivity index (χ4n) is 1.11. The van der Waals surface area contributed by atoms with Crippen molar-refractivity contribution < 1.29 is 18.9 Å². The number of rotatable bonds is 4. The summed E-state index contributed by atoms with van der Waals surface area (Å²) in [5.74, 6) is 0. The Morgan fingerprint density at radius 2 is 1.55 bits per heavy atom. The second-order valence-corrected chi connectivity index (χ2v) is 5.64. The molecule has 0 aliphatic heterocycles. The van der Waals surface area contributed by atoms with Crippen molar-refractivity contribution in [2.45, 2.75) is 61.1 Å². The Morgan fingerprint density at radius 1 is 1.20 bits per heavy atom. The van der Waals surface area contributed by atoms with E-state index in [0.717, 1.165) is 13.1 Å². The molecule has 0 bridgehead atoms. The van der Waals surface area contributed by atoms with Crippen LogP contribution >= 0.6 is 36.7 Å². The Balaban J connectivity index is -0.0000000601. The van der Waals surface area contributed by atoms with Gasteiger partial charge < -0.3 is 35.1 Å². The molecule has 0 aliphatic carbocycles. The van der Waals surface area contributed by atoms with Crippen LogP contribution < -0.4 is 24.2 Å². The van der Waals surface area contributed by atoms with E-state index in [9.17, 15) is 0 Å². The first-order valence-electron chi connectivity index (χ1n) is 5.98. The van der Waals surface area contributed by atoms with Crippen LogP contribution in [0.15, 0.2) is 0 Å². The van der Waals surface area contributed by atoms with Gasteiger partial charge in [-0.25, -0.2) is 0 Å². The topological polar surface area (TPSA) is 15.3 Å². The van der Waals surface area contributed by atoms with Gasteiger partial charge in [0.2, 0.25) is 0 Å².